The lowest BCUT2D eigenvalue weighted by Crippen LogP contribution is -2.54. The summed E-state index contributed by atoms with van der Waals surface area (Å²) in [6.07, 6.45) is 5.53. The molecule has 3 unspecified atom stereocenters. The minimum absolute atomic E-state index is 0.00963. The molecule has 0 radical (unpaired) electrons. The molecule has 0 aromatic rings. The second-order valence-electron chi connectivity index (χ2n) is 5.06. The highest BCUT2D eigenvalue weighted by Gasteiger charge is 2.37. The molecule has 3 atom stereocenters. The van der Waals surface area contributed by atoms with Gasteiger partial charge < -0.3 is 10.6 Å². The first-order chi connectivity index (χ1) is 7.98. The Bertz CT molecular complexity index is 394. The van der Waals surface area contributed by atoms with Crippen LogP contribution in [0.15, 0.2) is 0 Å². The smallest absolute Gasteiger partial charge is 0.237 e. The van der Waals surface area contributed by atoms with E-state index in [1.54, 1.807) is 0 Å². The maximum atomic E-state index is 11.6. The monoisotopic (exact) mass is 260 g/mol. The molecule has 2 rings (SSSR count). The third-order valence-corrected chi connectivity index (χ3v) is 5.37. The van der Waals surface area contributed by atoms with E-state index in [1.165, 1.54) is 6.26 Å². The molecule has 1 amide bonds. The highest BCUT2D eigenvalue weighted by atomic mass is 32.2. The number of hydrogen-bond donors (Lipinski definition) is 2. The maximum Gasteiger partial charge on any atom is 0.237 e. The summed E-state index contributed by atoms with van der Waals surface area (Å²) in [6, 6.07) is -0.269. The zero-order valence-electron chi connectivity index (χ0n) is 10.1. The van der Waals surface area contributed by atoms with E-state index >= 15 is 0 Å². The summed E-state index contributed by atoms with van der Waals surface area (Å²) in [5, 5.41) is 5.72. The molecule has 1 aliphatic heterocycles. The largest absolute Gasteiger partial charge is 0.355 e. The molecule has 0 aromatic heterocycles. The number of piperidine rings is 1. The zero-order chi connectivity index (χ0) is 12.5. The Kier molecular flexibility index (Phi) is 3.73. The first kappa shape index (κ1) is 12.8. The van der Waals surface area contributed by atoms with Gasteiger partial charge in [0.2, 0.25) is 5.91 Å². The van der Waals surface area contributed by atoms with Crippen molar-refractivity contribution < 1.29 is 13.2 Å². The number of nitrogens with one attached hydrogen (secondary N) is 2. The lowest BCUT2D eigenvalue weighted by molar-refractivity contribution is -0.124. The summed E-state index contributed by atoms with van der Waals surface area (Å²) >= 11 is 0. The lowest BCUT2D eigenvalue weighted by Gasteiger charge is -2.28. The molecule has 17 heavy (non-hydrogen) atoms. The summed E-state index contributed by atoms with van der Waals surface area (Å²) in [5.41, 5.74) is 0. The van der Waals surface area contributed by atoms with Crippen LogP contribution in [0.3, 0.4) is 0 Å². The Morgan fingerprint density at radius 1 is 1.24 bits per heavy atom. The van der Waals surface area contributed by atoms with E-state index in [4.69, 9.17) is 0 Å². The van der Waals surface area contributed by atoms with Gasteiger partial charge in [-0.3, -0.25) is 4.79 Å². The van der Waals surface area contributed by atoms with Gasteiger partial charge in [0.25, 0.3) is 0 Å². The average molecular weight is 260 g/mol. The summed E-state index contributed by atoms with van der Waals surface area (Å²) in [7, 11) is -3.01. The molecule has 1 aliphatic carbocycles. The Labute approximate surface area is 102 Å². The van der Waals surface area contributed by atoms with Crippen LogP contribution in [-0.4, -0.2) is 44.5 Å². The summed E-state index contributed by atoms with van der Waals surface area (Å²) in [4.78, 5) is 11.6. The molecule has 6 heteroatoms. The van der Waals surface area contributed by atoms with Crippen molar-refractivity contribution in [3.8, 4) is 0 Å². The van der Waals surface area contributed by atoms with Crippen molar-refractivity contribution in [3.05, 3.63) is 0 Å². The highest BCUT2D eigenvalue weighted by Crippen LogP contribution is 2.26. The van der Waals surface area contributed by atoms with Crippen LogP contribution >= 0.6 is 0 Å². The average Bonchev–Trinajstić information content (AvgIpc) is 2.69. The van der Waals surface area contributed by atoms with E-state index in [9.17, 15) is 13.2 Å². The normalized spacial score (nSPS) is 34.6. The number of rotatable bonds is 3. The summed E-state index contributed by atoms with van der Waals surface area (Å²) in [5.74, 6) is 0.00963. The van der Waals surface area contributed by atoms with Crippen LogP contribution in [-0.2, 0) is 14.6 Å². The second-order valence-corrected chi connectivity index (χ2v) is 7.32. The fourth-order valence-corrected chi connectivity index (χ4v) is 4.22. The molecule has 0 bridgehead atoms. The molecule has 0 aromatic carbocycles. The lowest BCUT2D eigenvalue weighted by atomic mass is 10.1. The summed E-state index contributed by atoms with van der Waals surface area (Å²) < 4.78 is 23.3. The van der Waals surface area contributed by atoms with Gasteiger partial charge in [0.1, 0.15) is 0 Å². The van der Waals surface area contributed by atoms with Crippen LogP contribution in [0.2, 0.25) is 0 Å². The van der Waals surface area contributed by atoms with Crippen LogP contribution in [0.1, 0.15) is 32.1 Å². The van der Waals surface area contributed by atoms with Crippen LogP contribution in [0.4, 0.5) is 0 Å². The molecule has 1 saturated carbocycles. The minimum Gasteiger partial charge on any atom is -0.355 e. The molecule has 2 fully saturated rings. The fourth-order valence-electron chi connectivity index (χ4n) is 2.82. The molecular weight excluding hydrogens is 240 g/mol. The Morgan fingerprint density at radius 2 is 2.00 bits per heavy atom. The van der Waals surface area contributed by atoms with Crippen LogP contribution in [0, 0.1) is 0 Å². The predicted octanol–water partition coefficient (Wildman–Crippen LogP) is -0.180. The quantitative estimate of drug-likeness (QED) is 0.738. The van der Waals surface area contributed by atoms with Crippen LogP contribution in [0.5, 0.6) is 0 Å². The topological polar surface area (TPSA) is 75.3 Å². The molecular formula is C11H20N2O3S. The first-order valence-corrected chi connectivity index (χ1v) is 8.16. The summed E-state index contributed by atoms with van der Waals surface area (Å²) in [6.45, 7) is 0.733. The van der Waals surface area contributed by atoms with Gasteiger partial charge in [-0.15, -0.1) is 0 Å². The Morgan fingerprint density at radius 3 is 2.65 bits per heavy atom. The predicted molar refractivity (Wildman–Crippen MR) is 65.4 cm³/mol. The Hall–Kier alpha value is -0.620. The minimum atomic E-state index is -3.01. The van der Waals surface area contributed by atoms with Crippen molar-refractivity contribution in [3.63, 3.8) is 0 Å². The van der Waals surface area contributed by atoms with Crippen LogP contribution < -0.4 is 10.6 Å². The van der Waals surface area contributed by atoms with E-state index < -0.39 is 9.84 Å². The molecule has 2 N–H and O–H groups in total. The van der Waals surface area contributed by atoms with Gasteiger partial charge >= 0.3 is 0 Å². The number of hydrogen-bond acceptors (Lipinski definition) is 4. The van der Waals surface area contributed by atoms with E-state index in [2.05, 4.69) is 10.6 Å². The van der Waals surface area contributed by atoms with Crippen molar-refractivity contribution in [1.29, 1.82) is 0 Å². The SMILES string of the molecule is CS(=O)(=O)C1CCCC1NC1CCCNC1=O. The third kappa shape index (κ3) is 2.98. The van der Waals surface area contributed by atoms with E-state index in [0.717, 1.165) is 32.2 Å². The van der Waals surface area contributed by atoms with Gasteiger partial charge in [0.05, 0.1) is 11.3 Å². The third-order valence-electron chi connectivity index (χ3n) is 3.70. The molecule has 1 heterocycles. The van der Waals surface area contributed by atoms with E-state index in [0.29, 0.717) is 6.42 Å². The van der Waals surface area contributed by atoms with Crippen molar-refractivity contribution in [2.75, 3.05) is 12.8 Å². The highest BCUT2D eigenvalue weighted by molar-refractivity contribution is 7.91. The van der Waals surface area contributed by atoms with E-state index in [1.807, 2.05) is 0 Å². The van der Waals surface area contributed by atoms with Gasteiger partial charge in [0.15, 0.2) is 9.84 Å². The van der Waals surface area contributed by atoms with Crippen molar-refractivity contribution >= 4 is 15.7 Å². The number of carbonyl (C=O) groups is 1. The van der Waals surface area contributed by atoms with Crippen molar-refractivity contribution in [2.24, 2.45) is 0 Å². The van der Waals surface area contributed by atoms with Gasteiger partial charge in [0, 0.05) is 18.8 Å². The zero-order valence-corrected chi connectivity index (χ0v) is 10.9. The standard InChI is InChI=1S/C11H20N2O3S/c1-17(15,16)10-6-2-4-8(10)13-9-5-3-7-12-11(9)14/h8-10,13H,2-7H2,1H3,(H,12,14). The van der Waals surface area contributed by atoms with Crippen molar-refractivity contribution in [2.45, 2.75) is 49.4 Å². The van der Waals surface area contributed by atoms with Gasteiger partial charge in [-0.2, -0.15) is 0 Å². The van der Waals surface area contributed by atoms with Gasteiger partial charge in [-0.1, -0.05) is 6.42 Å². The first-order valence-electron chi connectivity index (χ1n) is 6.21. The molecule has 0 spiro atoms. The molecule has 1 saturated heterocycles. The Balaban J connectivity index is 2.00. The molecule has 98 valence electrons. The maximum absolute atomic E-state index is 11.6. The van der Waals surface area contributed by atoms with Gasteiger partial charge in [-0.25, -0.2) is 8.42 Å². The number of amides is 1. The number of carbonyl (C=O) groups excluding carboxylic acids is 1. The van der Waals surface area contributed by atoms with Crippen molar-refractivity contribution in [1.82, 2.24) is 10.6 Å². The second kappa shape index (κ2) is 4.94. The van der Waals surface area contributed by atoms with E-state index in [-0.39, 0.29) is 23.2 Å². The molecule has 2 aliphatic rings. The fraction of sp³-hybridized carbons (Fsp3) is 0.909. The van der Waals surface area contributed by atoms with Crippen LogP contribution in [0.25, 0.3) is 0 Å². The van der Waals surface area contributed by atoms with Gasteiger partial charge in [-0.05, 0) is 25.7 Å². The number of sulfone groups is 1. The molecule has 5 nitrogen and oxygen atoms in total.